The number of halogens is 2. The summed E-state index contributed by atoms with van der Waals surface area (Å²) in [7, 11) is 0. The minimum atomic E-state index is -2.60. The van der Waals surface area contributed by atoms with Crippen LogP contribution in [0.2, 0.25) is 0 Å². The molecule has 0 aromatic heterocycles. The van der Waals surface area contributed by atoms with Gasteiger partial charge in [0, 0.05) is 11.5 Å². The van der Waals surface area contributed by atoms with Crippen LogP contribution in [-0.4, -0.2) is 0 Å². The van der Waals surface area contributed by atoms with Crippen LogP contribution in [0.15, 0.2) is 30.3 Å². The lowest BCUT2D eigenvalue weighted by Gasteiger charge is -2.15. The van der Waals surface area contributed by atoms with Crippen LogP contribution in [0.5, 0.6) is 0 Å². The molecule has 1 aromatic carbocycles. The maximum atomic E-state index is 13.3. The van der Waals surface area contributed by atoms with E-state index in [0.29, 0.717) is 12.8 Å². The van der Waals surface area contributed by atoms with Crippen LogP contribution in [0.25, 0.3) is 0 Å². The summed E-state index contributed by atoms with van der Waals surface area (Å²) in [6.45, 7) is 0. The van der Waals surface area contributed by atoms with Crippen molar-refractivity contribution in [3.63, 3.8) is 0 Å². The third-order valence-electron chi connectivity index (χ3n) is 2.25. The minimum absolute atomic E-state index is 0.160. The third-order valence-corrected chi connectivity index (χ3v) is 2.25. The van der Waals surface area contributed by atoms with E-state index in [1.807, 2.05) is 0 Å². The standard InChI is InChI=1S/C10H10F2/c11-10(12,9-6-7-9)8-4-2-1-3-5-8/h1-5,9H,6-7H2. The Morgan fingerprint density at radius 1 is 1.08 bits per heavy atom. The highest BCUT2D eigenvalue weighted by molar-refractivity contribution is 5.22. The zero-order valence-electron chi connectivity index (χ0n) is 6.63. The number of hydrogen-bond acceptors (Lipinski definition) is 0. The third kappa shape index (κ3) is 1.22. The van der Waals surface area contributed by atoms with Gasteiger partial charge in [-0.2, -0.15) is 0 Å². The first-order valence-electron chi connectivity index (χ1n) is 4.14. The molecular formula is C10H10F2. The van der Waals surface area contributed by atoms with E-state index in [4.69, 9.17) is 0 Å². The first kappa shape index (κ1) is 7.71. The zero-order chi connectivity index (χ0) is 8.60. The van der Waals surface area contributed by atoms with Gasteiger partial charge < -0.3 is 0 Å². The molecule has 0 heterocycles. The van der Waals surface area contributed by atoms with Crippen molar-refractivity contribution in [3.05, 3.63) is 35.9 Å². The average Bonchev–Trinajstić information content (AvgIpc) is 2.88. The predicted octanol–water partition coefficient (Wildman–Crippen LogP) is 3.19. The summed E-state index contributed by atoms with van der Waals surface area (Å²) in [5, 5.41) is 0. The Morgan fingerprint density at radius 3 is 2.17 bits per heavy atom. The van der Waals surface area contributed by atoms with Gasteiger partial charge >= 0.3 is 0 Å². The SMILES string of the molecule is FC(F)(c1ccccc1)C1CC1. The quantitative estimate of drug-likeness (QED) is 0.636. The molecule has 64 valence electrons. The summed E-state index contributed by atoms with van der Waals surface area (Å²) in [5.41, 5.74) is 0.160. The number of rotatable bonds is 2. The van der Waals surface area contributed by atoms with Gasteiger partial charge in [-0.25, -0.2) is 8.78 Å². The maximum absolute atomic E-state index is 13.3. The molecule has 12 heavy (non-hydrogen) atoms. The Bertz CT molecular complexity index is 262. The first-order valence-corrected chi connectivity index (χ1v) is 4.14. The van der Waals surface area contributed by atoms with Gasteiger partial charge in [-0.05, 0) is 12.8 Å². The second-order valence-corrected chi connectivity index (χ2v) is 3.26. The highest BCUT2D eigenvalue weighted by atomic mass is 19.3. The molecule has 0 N–H and O–H groups in total. The van der Waals surface area contributed by atoms with E-state index in [2.05, 4.69) is 0 Å². The van der Waals surface area contributed by atoms with Crippen molar-refractivity contribution in [1.82, 2.24) is 0 Å². The largest absolute Gasteiger partial charge is 0.276 e. The molecule has 1 aromatic rings. The van der Waals surface area contributed by atoms with Crippen LogP contribution in [0.4, 0.5) is 8.78 Å². The summed E-state index contributed by atoms with van der Waals surface area (Å²) in [6.07, 6.45) is 1.34. The number of hydrogen-bond donors (Lipinski definition) is 0. The molecule has 1 fully saturated rings. The van der Waals surface area contributed by atoms with E-state index in [0.717, 1.165) is 0 Å². The van der Waals surface area contributed by atoms with Crippen molar-refractivity contribution < 1.29 is 8.78 Å². The molecule has 0 nitrogen and oxygen atoms in total. The van der Waals surface area contributed by atoms with Crippen LogP contribution in [0.1, 0.15) is 18.4 Å². The van der Waals surface area contributed by atoms with Gasteiger partial charge in [-0.15, -0.1) is 0 Å². The van der Waals surface area contributed by atoms with E-state index in [-0.39, 0.29) is 5.56 Å². The molecular weight excluding hydrogens is 158 g/mol. The van der Waals surface area contributed by atoms with Crippen LogP contribution in [0, 0.1) is 5.92 Å². The topological polar surface area (TPSA) is 0 Å². The van der Waals surface area contributed by atoms with Gasteiger partial charge in [0.05, 0.1) is 0 Å². The van der Waals surface area contributed by atoms with Gasteiger partial charge in [0.15, 0.2) is 0 Å². The summed E-state index contributed by atoms with van der Waals surface area (Å²) in [6, 6.07) is 8.07. The second kappa shape index (κ2) is 2.54. The van der Waals surface area contributed by atoms with E-state index in [1.54, 1.807) is 18.2 Å². The summed E-state index contributed by atoms with van der Waals surface area (Å²) in [5.74, 6) is -3.00. The summed E-state index contributed by atoms with van der Waals surface area (Å²) in [4.78, 5) is 0. The molecule has 0 radical (unpaired) electrons. The molecule has 2 heteroatoms. The molecule has 2 rings (SSSR count). The van der Waals surface area contributed by atoms with E-state index < -0.39 is 11.8 Å². The monoisotopic (exact) mass is 168 g/mol. The molecule has 0 bridgehead atoms. The van der Waals surface area contributed by atoms with Gasteiger partial charge in [-0.1, -0.05) is 30.3 Å². The number of benzene rings is 1. The summed E-state index contributed by atoms with van der Waals surface area (Å²) < 4.78 is 26.7. The lowest BCUT2D eigenvalue weighted by molar-refractivity contribution is -0.0285. The zero-order valence-corrected chi connectivity index (χ0v) is 6.63. The van der Waals surface area contributed by atoms with Gasteiger partial charge in [0.2, 0.25) is 0 Å². The van der Waals surface area contributed by atoms with Gasteiger partial charge in [-0.3, -0.25) is 0 Å². The Kier molecular flexibility index (Phi) is 1.63. The van der Waals surface area contributed by atoms with E-state index in [9.17, 15) is 8.78 Å². The van der Waals surface area contributed by atoms with E-state index >= 15 is 0 Å². The fourth-order valence-corrected chi connectivity index (χ4v) is 1.34. The predicted molar refractivity (Wildman–Crippen MR) is 43.1 cm³/mol. The second-order valence-electron chi connectivity index (χ2n) is 3.26. The highest BCUT2D eigenvalue weighted by Crippen LogP contribution is 2.49. The highest BCUT2D eigenvalue weighted by Gasteiger charge is 2.47. The fourth-order valence-electron chi connectivity index (χ4n) is 1.34. The molecule has 1 saturated carbocycles. The molecule has 0 unspecified atom stereocenters. The molecule has 1 aliphatic rings. The molecule has 1 aliphatic carbocycles. The van der Waals surface area contributed by atoms with Gasteiger partial charge in [0.25, 0.3) is 5.92 Å². The molecule has 0 amide bonds. The average molecular weight is 168 g/mol. The first-order chi connectivity index (χ1) is 5.71. The minimum Gasteiger partial charge on any atom is -0.201 e. The van der Waals surface area contributed by atoms with Crippen molar-refractivity contribution >= 4 is 0 Å². The van der Waals surface area contributed by atoms with Gasteiger partial charge in [0.1, 0.15) is 0 Å². The normalized spacial score (nSPS) is 17.8. The molecule has 0 atom stereocenters. The molecule has 0 spiro atoms. The van der Waals surface area contributed by atoms with Crippen molar-refractivity contribution in [1.29, 1.82) is 0 Å². The number of alkyl halides is 2. The maximum Gasteiger partial charge on any atom is 0.276 e. The Labute approximate surface area is 70.2 Å². The van der Waals surface area contributed by atoms with Crippen molar-refractivity contribution in [3.8, 4) is 0 Å². The van der Waals surface area contributed by atoms with Crippen LogP contribution in [-0.2, 0) is 5.92 Å². The van der Waals surface area contributed by atoms with Crippen molar-refractivity contribution in [2.45, 2.75) is 18.8 Å². The van der Waals surface area contributed by atoms with Crippen LogP contribution >= 0.6 is 0 Å². The van der Waals surface area contributed by atoms with Crippen LogP contribution < -0.4 is 0 Å². The molecule has 0 saturated heterocycles. The van der Waals surface area contributed by atoms with Crippen molar-refractivity contribution in [2.75, 3.05) is 0 Å². The summed E-state index contributed by atoms with van der Waals surface area (Å²) >= 11 is 0. The van der Waals surface area contributed by atoms with Crippen LogP contribution in [0.3, 0.4) is 0 Å². The Balaban J connectivity index is 2.28. The lowest BCUT2D eigenvalue weighted by atomic mass is 10.0. The van der Waals surface area contributed by atoms with E-state index in [1.165, 1.54) is 12.1 Å². The molecule has 0 aliphatic heterocycles. The lowest BCUT2D eigenvalue weighted by Crippen LogP contribution is -2.15. The fraction of sp³-hybridized carbons (Fsp3) is 0.400. The van der Waals surface area contributed by atoms with Crippen molar-refractivity contribution in [2.24, 2.45) is 5.92 Å². The smallest absolute Gasteiger partial charge is 0.201 e. The Hall–Kier alpha value is -0.920. The Morgan fingerprint density at radius 2 is 1.67 bits per heavy atom.